The van der Waals surface area contributed by atoms with Gasteiger partial charge in [0.2, 0.25) is 17.7 Å². The minimum absolute atomic E-state index is 0.228. The molecule has 2 aliphatic heterocycles. The van der Waals surface area contributed by atoms with E-state index in [2.05, 4.69) is 16.0 Å². The monoisotopic (exact) mass is 440 g/mol. The summed E-state index contributed by atoms with van der Waals surface area (Å²) in [4.78, 5) is 62.4. The molecule has 5 atom stereocenters. The molecular formula is C20H32N4O7. The number of aliphatic carboxylic acids is 2. The number of carbonyl (C=O) groups excluding carboxylic acids is 3. The van der Waals surface area contributed by atoms with Crippen LogP contribution in [0, 0.1) is 5.92 Å². The SMILES string of the molecule is CCC(C)C(NC(=O)C1CCCN1C(=O)C(CC(=O)O)NC(=O)C1CCCN1)C(=O)O. The molecule has 0 aromatic carbocycles. The third-order valence-corrected chi connectivity index (χ3v) is 5.99. The second kappa shape index (κ2) is 11.1. The molecule has 3 amide bonds. The Labute approximate surface area is 180 Å². The maximum Gasteiger partial charge on any atom is 0.326 e. The summed E-state index contributed by atoms with van der Waals surface area (Å²) >= 11 is 0. The van der Waals surface area contributed by atoms with Crippen LogP contribution in [0.5, 0.6) is 0 Å². The number of carbonyl (C=O) groups is 5. The molecule has 5 unspecified atom stereocenters. The van der Waals surface area contributed by atoms with Crippen LogP contribution in [0.15, 0.2) is 0 Å². The van der Waals surface area contributed by atoms with E-state index in [-0.39, 0.29) is 12.5 Å². The van der Waals surface area contributed by atoms with E-state index in [0.717, 1.165) is 6.42 Å². The van der Waals surface area contributed by atoms with Crippen molar-refractivity contribution in [3.05, 3.63) is 0 Å². The lowest BCUT2D eigenvalue weighted by atomic mass is 9.98. The van der Waals surface area contributed by atoms with Gasteiger partial charge in [0.1, 0.15) is 18.1 Å². The molecule has 2 fully saturated rings. The molecule has 0 aromatic heterocycles. The number of rotatable bonds is 10. The molecule has 174 valence electrons. The van der Waals surface area contributed by atoms with Crippen molar-refractivity contribution < 1.29 is 34.2 Å². The van der Waals surface area contributed by atoms with Gasteiger partial charge >= 0.3 is 11.9 Å². The molecule has 0 aliphatic carbocycles. The quantitative estimate of drug-likeness (QED) is 0.298. The van der Waals surface area contributed by atoms with E-state index in [9.17, 15) is 34.2 Å². The normalized spacial score (nSPS) is 23.6. The van der Waals surface area contributed by atoms with Crippen molar-refractivity contribution in [3.63, 3.8) is 0 Å². The Kier molecular flexibility index (Phi) is 8.78. The minimum Gasteiger partial charge on any atom is -0.481 e. The molecule has 0 aromatic rings. The zero-order valence-corrected chi connectivity index (χ0v) is 17.9. The average molecular weight is 440 g/mol. The lowest BCUT2D eigenvalue weighted by Gasteiger charge is -2.30. The van der Waals surface area contributed by atoms with Crippen molar-refractivity contribution in [2.75, 3.05) is 13.1 Å². The van der Waals surface area contributed by atoms with Crippen LogP contribution in [0.3, 0.4) is 0 Å². The largest absolute Gasteiger partial charge is 0.481 e. The van der Waals surface area contributed by atoms with Gasteiger partial charge in [0.15, 0.2) is 0 Å². The first-order chi connectivity index (χ1) is 14.6. The molecule has 11 heteroatoms. The van der Waals surface area contributed by atoms with Gasteiger partial charge in [-0.15, -0.1) is 0 Å². The van der Waals surface area contributed by atoms with Crippen molar-refractivity contribution in [3.8, 4) is 0 Å². The average Bonchev–Trinajstić information content (AvgIpc) is 3.41. The molecule has 2 aliphatic rings. The molecule has 11 nitrogen and oxygen atoms in total. The van der Waals surface area contributed by atoms with Gasteiger partial charge in [0.25, 0.3) is 0 Å². The third-order valence-electron chi connectivity index (χ3n) is 5.99. The maximum atomic E-state index is 13.1. The van der Waals surface area contributed by atoms with Crippen molar-refractivity contribution in [2.24, 2.45) is 5.92 Å². The first-order valence-electron chi connectivity index (χ1n) is 10.7. The summed E-state index contributed by atoms with van der Waals surface area (Å²) in [6.07, 6.45) is 2.20. The third kappa shape index (κ3) is 6.39. The van der Waals surface area contributed by atoms with Crippen LogP contribution in [0.25, 0.3) is 0 Å². The summed E-state index contributed by atoms with van der Waals surface area (Å²) < 4.78 is 0. The number of hydrogen-bond acceptors (Lipinski definition) is 6. The molecule has 2 saturated heterocycles. The second-order valence-corrected chi connectivity index (χ2v) is 8.21. The first kappa shape index (κ1) is 24.6. The van der Waals surface area contributed by atoms with Crippen LogP contribution in [-0.4, -0.2) is 82.0 Å². The molecule has 2 heterocycles. The van der Waals surface area contributed by atoms with E-state index in [4.69, 9.17) is 0 Å². The van der Waals surface area contributed by atoms with E-state index in [1.54, 1.807) is 6.92 Å². The maximum absolute atomic E-state index is 13.1. The van der Waals surface area contributed by atoms with Crippen molar-refractivity contribution in [1.29, 1.82) is 0 Å². The van der Waals surface area contributed by atoms with E-state index >= 15 is 0 Å². The van der Waals surface area contributed by atoms with Gasteiger partial charge in [-0.05, 0) is 38.1 Å². The van der Waals surface area contributed by atoms with Crippen molar-refractivity contribution >= 4 is 29.7 Å². The smallest absolute Gasteiger partial charge is 0.326 e. The molecule has 0 saturated carbocycles. The predicted octanol–water partition coefficient (Wildman–Crippen LogP) is -0.696. The second-order valence-electron chi connectivity index (χ2n) is 8.21. The van der Waals surface area contributed by atoms with Gasteiger partial charge in [-0.2, -0.15) is 0 Å². The molecule has 31 heavy (non-hydrogen) atoms. The van der Waals surface area contributed by atoms with Gasteiger partial charge < -0.3 is 31.1 Å². The molecule has 0 radical (unpaired) electrons. The van der Waals surface area contributed by atoms with Crippen LogP contribution in [0.2, 0.25) is 0 Å². The number of amides is 3. The lowest BCUT2D eigenvalue weighted by Crippen LogP contribution is -2.57. The van der Waals surface area contributed by atoms with Crippen molar-refractivity contribution in [2.45, 2.75) is 76.5 Å². The Balaban J connectivity index is 2.11. The standard InChI is InChI=1S/C20H32N4O7/c1-3-11(2)16(20(30)31)23-18(28)14-7-5-9-24(14)19(29)13(10-15(25)26)22-17(27)12-6-4-8-21-12/h11-14,16,21H,3-10H2,1-2H3,(H,22,27)(H,23,28)(H,25,26)(H,30,31). The van der Waals surface area contributed by atoms with Crippen LogP contribution in [-0.2, 0) is 24.0 Å². The first-order valence-corrected chi connectivity index (χ1v) is 10.7. The summed E-state index contributed by atoms with van der Waals surface area (Å²) in [5.74, 6) is -4.39. The number of hydrogen-bond donors (Lipinski definition) is 5. The van der Waals surface area contributed by atoms with E-state index in [0.29, 0.717) is 32.2 Å². The van der Waals surface area contributed by atoms with Crippen LogP contribution in [0.4, 0.5) is 0 Å². The number of nitrogens with one attached hydrogen (secondary N) is 3. The fourth-order valence-corrected chi connectivity index (χ4v) is 3.99. The zero-order chi connectivity index (χ0) is 23.1. The summed E-state index contributed by atoms with van der Waals surface area (Å²) in [5.41, 5.74) is 0. The highest BCUT2D eigenvalue weighted by Crippen LogP contribution is 2.20. The highest BCUT2D eigenvalue weighted by Gasteiger charge is 2.40. The Morgan fingerprint density at radius 1 is 1.06 bits per heavy atom. The molecule has 0 bridgehead atoms. The minimum atomic E-state index is -1.30. The van der Waals surface area contributed by atoms with E-state index in [1.807, 2.05) is 6.92 Å². The van der Waals surface area contributed by atoms with Crippen LogP contribution < -0.4 is 16.0 Å². The summed E-state index contributed by atoms with van der Waals surface area (Å²) in [6.45, 7) is 4.43. The summed E-state index contributed by atoms with van der Waals surface area (Å²) in [6, 6.07) is -3.77. The number of likely N-dealkylation sites (tertiary alicyclic amines) is 1. The summed E-state index contributed by atoms with van der Waals surface area (Å²) in [5, 5.41) is 26.7. The van der Waals surface area contributed by atoms with Gasteiger partial charge in [0, 0.05) is 6.54 Å². The van der Waals surface area contributed by atoms with Gasteiger partial charge in [-0.1, -0.05) is 20.3 Å². The number of carboxylic acid groups (broad SMARTS) is 2. The zero-order valence-electron chi connectivity index (χ0n) is 17.9. The fraction of sp³-hybridized carbons (Fsp3) is 0.750. The Hall–Kier alpha value is -2.69. The predicted molar refractivity (Wildman–Crippen MR) is 109 cm³/mol. The van der Waals surface area contributed by atoms with Gasteiger partial charge in [-0.3, -0.25) is 19.2 Å². The fourth-order valence-electron chi connectivity index (χ4n) is 3.99. The van der Waals surface area contributed by atoms with Crippen LogP contribution in [0.1, 0.15) is 52.4 Å². The van der Waals surface area contributed by atoms with E-state index in [1.165, 1.54) is 4.90 Å². The Morgan fingerprint density at radius 2 is 1.77 bits per heavy atom. The highest BCUT2D eigenvalue weighted by atomic mass is 16.4. The number of carboxylic acids is 2. The van der Waals surface area contributed by atoms with Crippen molar-refractivity contribution in [1.82, 2.24) is 20.9 Å². The molecule has 0 spiro atoms. The topological polar surface area (TPSA) is 165 Å². The lowest BCUT2D eigenvalue weighted by molar-refractivity contribution is -0.147. The van der Waals surface area contributed by atoms with Gasteiger partial charge in [0.05, 0.1) is 12.5 Å². The summed E-state index contributed by atoms with van der Waals surface area (Å²) in [7, 11) is 0. The Bertz CT molecular complexity index is 708. The Morgan fingerprint density at radius 3 is 2.32 bits per heavy atom. The molecule has 5 N–H and O–H groups in total. The molecule has 2 rings (SSSR count). The van der Waals surface area contributed by atoms with E-state index < -0.39 is 60.2 Å². The number of nitrogens with zero attached hydrogens (tertiary/aromatic N) is 1. The van der Waals surface area contributed by atoms with Gasteiger partial charge in [-0.25, -0.2) is 4.79 Å². The van der Waals surface area contributed by atoms with Crippen LogP contribution >= 0.6 is 0 Å². The highest BCUT2D eigenvalue weighted by molar-refractivity contribution is 5.96. The molecular weight excluding hydrogens is 408 g/mol.